The van der Waals surface area contributed by atoms with Gasteiger partial charge in [0.25, 0.3) is 5.91 Å². The molecule has 166 valence electrons. The molecule has 0 aliphatic carbocycles. The first-order valence-electron chi connectivity index (χ1n) is 10.3. The molecule has 1 aliphatic heterocycles. The van der Waals surface area contributed by atoms with Crippen molar-refractivity contribution in [2.75, 3.05) is 24.1 Å². The lowest BCUT2D eigenvalue weighted by atomic mass is 9.90. The topological polar surface area (TPSA) is 92.8 Å². The Morgan fingerprint density at radius 3 is 2.42 bits per heavy atom. The first kappa shape index (κ1) is 22.8. The number of ether oxygens (including phenoxy) is 1. The van der Waals surface area contributed by atoms with Crippen LogP contribution in [0.1, 0.15) is 35.7 Å². The highest BCUT2D eigenvalue weighted by Crippen LogP contribution is 2.22. The summed E-state index contributed by atoms with van der Waals surface area (Å²) >= 11 is 0. The molecular weight excluding hydrogens is 416 g/mol. The second kappa shape index (κ2) is 9.96. The van der Waals surface area contributed by atoms with Gasteiger partial charge in [0.05, 0.1) is 11.8 Å². The number of nitrogens with one attached hydrogen (secondary N) is 1. The Hall–Kier alpha value is -2.87. The standard InChI is InChI=1S/C23H28N2O5S/c1-17(30-23(27)20-9-6-10-21(16-20)24-31(2,28)29)22(26)25-13-11-19(12-14-25)15-18-7-4-3-5-8-18/h3-10,16-17,19,24H,11-15H2,1-2H3. The number of carbonyl (C=O) groups is 2. The van der Waals surface area contributed by atoms with E-state index in [0.717, 1.165) is 25.5 Å². The summed E-state index contributed by atoms with van der Waals surface area (Å²) in [6, 6.07) is 16.3. The number of nitrogens with zero attached hydrogens (tertiary/aromatic N) is 1. The second-order valence-electron chi connectivity index (χ2n) is 7.96. The van der Waals surface area contributed by atoms with E-state index in [4.69, 9.17) is 4.74 Å². The van der Waals surface area contributed by atoms with Crippen molar-refractivity contribution in [2.45, 2.75) is 32.3 Å². The zero-order valence-corrected chi connectivity index (χ0v) is 18.6. The fourth-order valence-corrected chi connectivity index (χ4v) is 4.32. The van der Waals surface area contributed by atoms with Gasteiger partial charge in [-0.1, -0.05) is 36.4 Å². The molecular formula is C23H28N2O5S. The van der Waals surface area contributed by atoms with E-state index < -0.39 is 22.1 Å². The molecule has 31 heavy (non-hydrogen) atoms. The van der Waals surface area contributed by atoms with Crippen molar-refractivity contribution in [3.63, 3.8) is 0 Å². The van der Waals surface area contributed by atoms with Crippen LogP contribution in [0.3, 0.4) is 0 Å². The van der Waals surface area contributed by atoms with Crippen LogP contribution in [0.25, 0.3) is 0 Å². The van der Waals surface area contributed by atoms with Gasteiger partial charge in [-0.15, -0.1) is 0 Å². The van der Waals surface area contributed by atoms with Crippen LogP contribution in [0, 0.1) is 5.92 Å². The maximum atomic E-state index is 12.7. The smallest absolute Gasteiger partial charge is 0.338 e. The molecule has 1 N–H and O–H groups in total. The van der Waals surface area contributed by atoms with E-state index in [1.165, 1.54) is 23.8 Å². The maximum Gasteiger partial charge on any atom is 0.338 e. The van der Waals surface area contributed by atoms with Crippen LogP contribution in [0.15, 0.2) is 54.6 Å². The van der Waals surface area contributed by atoms with E-state index in [9.17, 15) is 18.0 Å². The highest BCUT2D eigenvalue weighted by atomic mass is 32.2. The van der Waals surface area contributed by atoms with Crippen LogP contribution in [0.2, 0.25) is 0 Å². The van der Waals surface area contributed by atoms with Crippen molar-refractivity contribution in [3.05, 3.63) is 65.7 Å². The van der Waals surface area contributed by atoms with Crippen LogP contribution in [0.5, 0.6) is 0 Å². The van der Waals surface area contributed by atoms with Gasteiger partial charge < -0.3 is 9.64 Å². The maximum absolute atomic E-state index is 12.7. The number of anilines is 1. The van der Waals surface area contributed by atoms with Crippen molar-refractivity contribution >= 4 is 27.6 Å². The minimum absolute atomic E-state index is 0.176. The molecule has 0 radical (unpaired) electrons. The summed E-state index contributed by atoms with van der Waals surface area (Å²) in [5.41, 5.74) is 1.74. The van der Waals surface area contributed by atoms with Crippen LogP contribution in [0.4, 0.5) is 5.69 Å². The molecule has 0 saturated carbocycles. The number of amides is 1. The zero-order chi connectivity index (χ0) is 22.4. The lowest BCUT2D eigenvalue weighted by molar-refractivity contribution is -0.141. The lowest BCUT2D eigenvalue weighted by Crippen LogP contribution is -2.44. The third kappa shape index (κ3) is 6.82. The Morgan fingerprint density at radius 2 is 1.77 bits per heavy atom. The van der Waals surface area contributed by atoms with E-state index in [-0.39, 0.29) is 17.2 Å². The molecule has 7 nitrogen and oxygen atoms in total. The zero-order valence-electron chi connectivity index (χ0n) is 17.8. The number of benzene rings is 2. The third-order valence-corrected chi connectivity index (χ3v) is 5.93. The van der Waals surface area contributed by atoms with Gasteiger partial charge in [-0.3, -0.25) is 9.52 Å². The molecule has 8 heteroatoms. The van der Waals surface area contributed by atoms with Crippen molar-refractivity contribution in [3.8, 4) is 0 Å². The number of likely N-dealkylation sites (tertiary alicyclic amines) is 1. The Labute approximate surface area is 183 Å². The number of carbonyl (C=O) groups excluding carboxylic acids is 2. The summed E-state index contributed by atoms with van der Waals surface area (Å²) < 4.78 is 30.4. The van der Waals surface area contributed by atoms with Gasteiger partial charge in [-0.2, -0.15) is 0 Å². The first-order valence-corrected chi connectivity index (χ1v) is 12.2. The van der Waals surface area contributed by atoms with Crippen LogP contribution in [-0.2, 0) is 26.0 Å². The molecule has 1 amide bonds. The average Bonchev–Trinajstić information content (AvgIpc) is 2.73. The van der Waals surface area contributed by atoms with Crippen LogP contribution in [-0.4, -0.2) is 50.6 Å². The molecule has 0 aromatic heterocycles. The van der Waals surface area contributed by atoms with Gasteiger partial charge >= 0.3 is 5.97 Å². The molecule has 0 bridgehead atoms. The first-order chi connectivity index (χ1) is 14.7. The van der Waals surface area contributed by atoms with Crippen LogP contribution < -0.4 is 4.72 Å². The number of esters is 1. The predicted molar refractivity (Wildman–Crippen MR) is 119 cm³/mol. The Bertz CT molecular complexity index is 1020. The van der Waals surface area contributed by atoms with E-state index in [1.54, 1.807) is 17.9 Å². The van der Waals surface area contributed by atoms with Gasteiger partial charge in [0, 0.05) is 18.8 Å². The second-order valence-corrected chi connectivity index (χ2v) is 9.71. The molecule has 2 aromatic carbocycles. The van der Waals surface area contributed by atoms with E-state index in [2.05, 4.69) is 16.9 Å². The third-order valence-electron chi connectivity index (χ3n) is 5.33. The summed E-state index contributed by atoms with van der Waals surface area (Å²) in [5.74, 6) is -0.344. The Balaban J connectivity index is 1.51. The normalized spacial score (nSPS) is 15.9. The summed E-state index contributed by atoms with van der Waals surface area (Å²) in [4.78, 5) is 26.9. The predicted octanol–water partition coefficient (Wildman–Crippen LogP) is 3.08. The minimum atomic E-state index is -3.46. The summed E-state index contributed by atoms with van der Waals surface area (Å²) in [6.07, 6.45) is 2.96. The highest BCUT2D eigenvalue weighted by molar-refractivity contribution is 7.92. The SMILES string of the molecule is CC(OC(=O)c1cccc(NS(C)(=O)=O)c1)C(=O)N1CCC(Cc2ccccc2)CC1. The van der Waals surface area contributed by atoms with Crippen LogP contribution >= 0.6 is 0 Å². The fraction of sp³-hybridized carbons (Fsp3) is 0.391. The van der Waals surface area contributed by atoms with E-state index >= 15 is 0 Å². The Morgan fingerprint density at radius 1 is 1.10 bits per heavy atom. The van der Waals surface area contributed by atoms with Gasteiger partial charge in [0.1, 0.15) is 0 Å². The molecule has 1 saturated heterocycles. The number of rotatable bonds is 7. The average molecular weight is 445 g/mol. The van der Waals surface area contributed by atoms with Crippen molar-refractivity contribution in [1.82, 2.24) is 4.90 Å². The molecule has 3 rings (SSSR count). The molecule has 1 aliphatic rings. The van der Waals surface area contributed by atoms with E-state index in [1.807, 2.05) is 18.2 Å². The molecule has 1 heterocycles. The van der Waals surface area contributed by atoms with Crippen molar-refractivity contribution in [1.29, 1.82) is 0 Å². The lowest BCUT2D eigenvalue weighted by Gasteiger charge is -2.33. The van der Waals surface area contributed by atoms with Gasteiger partial charge in [-0.05, 0) is 55.9 Å². The molecule has 2 aromatic rings. The largest absolute Gasteiger partial charge is 0.449 e. The molecule has 1 unspecified atom stereocenters. The van der Waals surface area contributed by atoms with Gasteiger partial charge in [-0.25, -0.2) is 13.2 Å². The van der Waals surface area contributed by atoms with Gasteiger partial charge in [0.2, 0.25) is 10.0 Å². The molecule has 0 spiro atoms. The monoisotopic (exact) mass is 444 g/mol. The Kier molecular flexibility index (Phi) is 7.33. The molecule has 1 atom stereocenters. The van der Waals surface area contributed by atoms with Gasteiger partial charge in [0.15, 0.2) is 6.10 Å². The fourth-order valence-electron chi connectivity index (χ4n) is 3.76. The molecule has 1 fully saturated rings. The number of sulfonamides is 1. The number of piperidine rings is 1. The summed E-state index contributed by atoms with van der Waals surface area (Å²) in [5, 5.41) is 0. The summed E-state index contributed by atoms with van der Waals surface area (Å²) in [7, 11) is -3.46. The minimum Gasteiger partial charge on any atom is -0.449 e. The highest BCUT2D eigenvalue weighted by Gasteiger charge is 2.28. The number of hydrogen-bond acceptors (Lipinski definition) is 5. The summed E-state index contributed by atoms with van der Waals surface area (Å²) in [6.45, 7) is 2.85. The van der Waals surface area contributed by atoms with Crippen molar-refractivity contribution < 1.29 is 22.7 Å². The quantitative estimate of drug-likeness (QED) is 0.663. The number of hydrogen-bond donors (Lipinski definition) is 1. The van der Waals surface area contributed by atoms with Crippen molar-refractivity contribution in [2.24, 2.45) is 5.92 Å². The van der Waals surface area contributed by atoms with E-state index in [0.29, 0.717) is 19.0 Å².